The summed E-state index contributed by atoms with van der Waals surface area (Å²) in [6.07, 6.45) is 1.43. The largest absolute Gasteiger partial charge is 0.356 e. The lowest BCUT2D eigenvalue weighted by molar-refractivity contribution is -0.118. The van der Waals surface area contributed by atoms with Gasteiger partial charge in [-0.2, -0.15) is 0 Å². The molecular formula is C14H20ClN5O2S2. The molecule has 0 saturated heterocycles. The first kappa shape index (κ1) is 20.5. The van der Waals surface area contributed by atoms with Crippen LogP contribution >= 0.6 is 35.1 Å². The van der Waals surface area contributed by atoms with Crippen molar-refractivity contribution >= 4 is 46.9 Å². The number of amides is 2. The van der Waals surface area contributed by atoms with Gasteiger partial charge in [-0.1, -0.05) is 0 Å². The Morgan fingerprint density at radius 3 is 2.67 bits per heavy atom. The summed E-state index contributed by atoms with van der Waals surface area (Å²) in [6.45, 7) is 3.15. The molecule has 0 fully saturated rings. The van der Waals surface area contributed by atoms with Gasteiger partial charge in [-0.15, -0.1) is 35.1 Å². The van der Waals surface area contributed by atoms with Gasteiger partial charge in [0, 0.05) is 37.2 Å². The Balaban J connectivity index is 0.00000288. The van der Waals surface area contributed by atoms with Crippen LogP contribution in [0.4, 0.5) is 0 Å². The molecule has 0 bridgehead atoms. The van der Waals surface area contributed by atoms with Crippen molar-refractivity contribution in [3.63, 3.8) is 0 Å². The molecule has 4 N–H and O–H groups in total. The number of hydrogen-bond donors (Lipinski definition) is 3. The molecule has 24 heavy (non-hydrogen) atoms. The number of carbonyl (C=O) groups is 2. The number of hydrogen-bond acceptors (Lipinski definition) is 7. The van der Waals surface area contributed by atoms with Crippen LogP contribution in [0.1, 0.15) is 28.8 Å². The summed E-state index contributed by atoms with van der Waals surface area (Å²) in [4.78, 5) is 31.6. The van der Waals surface area contributed by atoms with E-state index >= 15 is 0 Å². The predicted molar refractivity (Wildman–Crippen MR) is 98.9 cm³/mol. The lowest BCUT2D eigenvalue weighted by Crippen LogP contribution is -2.26. The van der Waals surface area contributed by atoms with Gasteiger partial charge < -0.3 is 16.4 Å². The number of carbonyl (C=O) groups excluding carboxylic acids is 2. The quantitative estimate of drug-likeness (QED) is 0.592. The number of nitrogens with zero attached hydrogens (tertiary/aromatic N) is 2. The Bertz CT molecular complexity index is 674. The highest BCUT2D eigenvalue weighted by Gasteiger charge is 2.13. The molecule has 10 heteroatoms. The summed E-state index contributed by atoms with van der Waals surface area (Å²) >= 11 is 2.91. The summed E-state index contributed by atoms with van der Waals surface area (Å²) in [5.41, 5.74) is 6.55. The van der Waals surface area contributed by atoms with E-state index in [2.05, 4.69) is 20.6 Å². The van der Waals surface area contributed by atoms with Gasteiger partial charge >= 0.3 is 0 Å². The number of nitrogens with one attached hydrogen (secondary N) is 2. The van der Waals surface area contributed by atoms with Crippen molar-refractivity contribution in [1.29, 1.82) is 0 Å². The van der Waals surface area contributed by atoms with Crippen LogP contribution in [-0.4, -0.2) is 41.4 Å². The summed E-state index contributed by atoms with van der Waals surface area (Å²) in [7, 11) is 0. The second-order valence-electron chi connectivity index (χ2n) is 4.80. The maximum atomic E-state index is 11.9. The zero-order chi connectivity index (χ0) is 16.7. The lowest BCUT2D eigenvalue weighted by Gasteiger charge is -2.00. The first-order valence-electron chi connectivity index (χ1n) is 7.23. The highest BCUT2D eigenvalue weighted by atomic mass is 35.5. The van der Waals surface area contributed by atoms with E-state index in [4.69, 9.17) is 5.73 Å². The molecule has 0 atom stereocenters. The van der Waals surface area contributed by atoms with Gasteiger partial charge in [0.2, 0.25) is 5.91 Å². The van der Waals surface area contributed by atoms with E-state index < -0.39 is 0 Å². The average molecular weight is 390 g/mol. The van der Waals surface area contributed by atoms with Crippen LogP contribution in [0.2, 0.25) is 0 Å². The SMILES string of the molecule is CC(=O)NCCc1nc(-c2nc(C(=O)NCCCN)cs2)cs1.Cl. The van der Waals surface area contributed by atoms with E-state index in [0.717, 1.165) is 22.1 Å². The maximum Gasteiger partial charge on any atom is 0.270 e. The normalized spacial score (nSPS) is 10.1. The van der Waals surface area contributed by atoms with Crippen molar-refractivity contribution < 1.29 is 9.59 Å². The van der Waals surface area contributed by atoms with Crippen LogP contribution in [0.15, 0.2) is 10.8 Å². The van der Waals surface area contributed by atoms with Gasteiger partial charge in [0.25, 0.3) is 5.91 Å². The maximum absolute atomic E-state index is 11.9. The third-order valence-corrected chi connectivity index (χ3v) is 4.66. The Morgan fingerprint density at radius 2 is 1.96 bits per heavy atom. The van der Waals surface area contributed by atoms with Crippen LogP contribution in [0.5, 0.6) is 0 Å². The fourth-order valence-electron chi connectivity index (χ4n) is 1.76. The number of aromatic nitrogens is 2. The highest BCUT2D eigenvalue weighted by molar-refractivity contribution is 7.14. The molecule has 0 aliphatic carbocycles. The van der Waals surface area contributed by atoms with Crippen molar-refractivity contribution in [3.8, 4) is 10.7 Å². The number of nitrogens with two attached hydrogens (primary N) is 1. The monoisotopic (exact) mass is 389 g/mol. The van der Waals surface area contributed by atoms with E-state index in [-0.39, 0.29) is 24.2 Å². The molecule has 0 unspecified atom stereocenters. The molecule has 0 saturated carbocycles. The molecule has 7 nitrogen and oxygen atoms in total. The number of halogens is 1. The van der Waals surface area contributed by atoms with Gasteiger partial charge in [-0.05, 0) is 13.0 Å². The highest BCUT2D eigenvalue weighted by Crippen LogP contribution is 2.25. The first-order chi connectivity index (χ1) is 11.1. The summed E-state index contributed by atoms with van der Waals surface area (Å²) in [6, 6.07) is 0. The van der Waals surface area contributed by atoms with Crippen molar-refractivity contribution in [1.82, 2.24) is 20.6 Å². The fraction of sp³-hybridized carbons (Fsp3) is 0.429. The van der Waals surface area contributed by atoms with Gasteiger partial charge in [-0.25, -0.2) is 9.97 Å². The molecule has 0 spiro atoms. The summed E-state index contributed by atoms with van der Waals surface area (Å²) in [5.74, 6) is -0.242. The molecule has 0 aliphatic heterocycles. The standard InChI is InChI=1S/C14H19N5O2S2.ClH/c1-9(20)16-6-3-12-18-11(8-22-12)14-19-10(7-23-14)13(21)17-5-2-4-15;/h7-8H,2-6,15H2,1H3,(H,16,20)(H,17,21);1H. The van der Waals surface area contributed by atoms with Gasteiger partial charge in [-0.3, -0.25) is 9.59 Å². The Morgan fingerprint density at radius 1 is 1.17 bits per heavy atom. The smallest absolute Gasteiger partial charge is 0.270 e. The van der Waals surface area contributed by atoms with E-state index in [1.807, 2.05) is 5.38 Å². The van der Waals surface area contributed by atoms with Crippen LogP contribution in [0, 0.1) is 0 Å². The second-order valence-corrected chi connectivity index (χ2v) is 6.60. The van der Waals surface area contributed by atoms with Crippen LogP contribution in [-0.2, 0) is 11.2 Å². The third-order valence-electron chi connectivity index (χ3n) is 2.89. The summed E-state index contributed by atoms with van der Waals surface area (Å²) < 4.78 is 0. The summed E-state index contributed by atoms with van der Waals surface area (Å²) in [5, 5.41) is 10.8. The topological polar surface area (TPSA) is 110 Å². The molecule has 2 amide bonds. The minimum atomic E-state index is -0.193. The van der Waals surface area contributed by atoms with E-state index in [1.54, 1.807) is 5.38 Å². The molecule has 2 aromatic heterocycles. The molecule has 0 radical (unpaired) electrons. The zero-order valence-corrected chi connectivity index (χ0v) is 15.7. The van der Waals surface area contributed by atoms with Gasteiger partial charge in [0.1, 0.15) is 16.4 Å². The van der Waals surface area contributed by atoms with Gasteiger partial charge in [0.15, 0.2) is 0 Å². The van der Waals surface area contributed by atoms with Crippen molar-refractivity contribution in [2.45, 2.75) is 19.8 Å². The molecule has 0 aliphatic rings. The molecule has 132 valence electrons. The minimum Gasteiger partial charge on any atom is -0.356 e. The average Bonchev–Trinajstić information content (AvgIpc) is 3.15. The molecule has 0 aromatic carbocycles. The first-order valence-corrected chi connectivity index (χ1v) is 8.99. The van der Waals surface area contributed by atoms with E-state index in [0.29, 0.717) is 31.7 Å². The van der Waals surface area contributed by atoms with Crippen molar-refractivity contribution in [3.05, 3.63) is 21.5 Å². The Kier molecular flexibility index (Phi) is 8.83. The Labute approximate surface area is 154 Å². The number of thiazole rings is 2. The molecule has 2 rings (SSSR count). The lowest BCUT2D eigenvalue weighted by atomic mass is 10.4. The van der Waals surface area contributed by atoms with Crippen LogP contribution in [0.25, 0.3) is 10.7 Å². The van der Waals surface area contributed by atoms with Crippen LogP contribution in [0.3, 0.4) is 0 Å². The van der Waals surface area contributed by atoms with Crippen molar-refractivity contribution in [2.75, 3.05) is 19.6 Å². The molecular weight excluding hydrogens is 370 g/mol. The number of rotatable bonds is 8. The Hall–Kier alpha value is -1.55. The van der Waals surface area contributed by atoms with Crippen molar-refractivity contribution in [2.24, 2.45) is 5.73 Å². The van der Waals surface area contributed by atoms with Crippen LogP contribution < -0.4 is 16.4 Å². The third kappa shape index (κ3) is 6.16. The second kappa shape index (κ2) is 10.3. The minimum absolute atomic E-state index is 0. The zero-order valence-electron chi connectivity index (χ0n) is 13.2. The van der Waals surface area contributed by atoms with E-state index in [9.17, 15) is 9.59 Å². The fourth-order valence-corrected chi connectivity index (χ4v) is 3.38. The molecule has 2 heterocycles. The van der Waals surface area contributed by atoms with E-state index in [1.165, 1.54) is 29.6 Å². The van der Waals surface area contributed by atoms with Gasteiger partial charge in [0.05, 0.1) is 5.01 Å². The molecule has 2 aromatic rings. The predicted octanol–water partition coefficient (Wildman–Crippen LogP) is 1.45.